The second-order valence-corrected chi connectivity index (χ2v) is 6.50. The van der Waals surface area contributed by atoms with Crippen molar-refractivity contribution in [2.45, 2.75) is 32.1 Å². The fraction of sp³-hybridized carbons (Fsp3) is 0.769. The number of nitrogens with zero attached hydrogens (tertiary/aromatic N) is 1. The largest absolute Gasteiger partial charge is 0.471 e. The van der Waals surface area contributed by atoms with Crippen molar-refractivity contribution in [3.63, 3.8) is 0 Å². The fourth-order valence-electron chi connectivity index (χ4n) is 3.46. The first kappa shape index (κ1) is 17.5. The van der Waals surface area contributed by atoms with Gasteiger partial charge in [-0.05, 0) is 17.3 Å². The maximum atomic E-state index is 12.3. The Morgan fingerprint density at radius 2 is 1.96 bits per heavy atom. The number of primary amides is 1. The van der Waals surface area contributed by atoms with E-state index in [1.54, 1.807) is 0 Å². The lowest BCUT2D eigenvalue weighted by molar-refractivity contribution is -0.175. The van der Waals surface area contributed by atoms with Gasteiger partial charge in [0, 0.05) is 6.54 Å². The van der Waals surface area contributed by atoms with Crippen molar-refractivity contribution in [3.05, 3.63) is 0 Å². The molecule has 1 saturated heterocycles. The summed E-state index contributed by atoms with van der Waals surface area (Å²) in [6.07, 6.45) is -5.17. The van der Waals surface area contributed by atoms with Gasteiger partial charge < -0.3 is 21.1 Å². The predicted molar refractivity (Wildman–Crippen MR) is 70.5 cm³/mol. The molecule has 3 amide bonds. The number of amides is 3. The smallest absolute Gasteiger partial charge is 0.394 e. The molecule has 4 atom stereocenters. The van der Waals surface area contributed by atoms with Gasteiger partial charge in [-0.15, -0.1) is 0 Å². The van der Waals surface area contributed by atoms with Crippen LogP contribution in [-0.4, -0.2) is 59.1 Å². The zero-order chi connectivity index (χ0) is 17.7. The van der Waals surface area contributed by atoms with E-state index in [0.717, 1.165) is 4.90 Å². The molecule has 7 nitrogen and oxygen atoms in total. The summed E-state index contributed by atoms with van der Waals surface area (Å²) in [4.78, 5) is 35.9. The molecule has 3 unspecified atom stereocenters. The molecule has 0 spiro atoms. The topological polar surface area (TPSA) is 113 Å². The summed E-state index contributed by atoms with van der Waals surface area (Å²) in [6, 6.07) is -2.72. The number of nitrogens with two attached hydrogens (primary N) is 1. The van der Waals surface area contributed by atoms with E-state index in [0.29, 0.717) is 0 Å². The molecule has 2 fully saturated rings. The first-order valence-electron chi connectivity index (χ1n) is 7.01. The van der Waals surface area contributed by atoms with Gasteiger partial charge in [0.15, 0.2) is 0 Å². The van der Waals surface area contributed by atoms with E-state index in [9.17, 15) is 27.6 Å². The van der Waals surface area contributed by atoms with Crippen LogP contribution in [0.2, 0.25) is 0 Å². The quantitative estimate of drug-likeness (QED) is 0.610. The van der Waals surface area contributed by atoms with Gasteiger partial charge in [-0.25, -0.2) is 0 Å². The molecule has 1 aliphatic carbocycles. The third kappa shape index (κ3) is 2.87. The summed E-state index contributed by atoms with van der Waals surface area (Å²) >= 11 is 0. The van der Waals surface area contributed by atoms with Crippen molar-refractivity contribution in [1.82, 2.24) is 10.2 Å². The van der Waals surface area contributed by atoms with Crippen molar-refractivity contribution >= 4 is 17.7 Å². The van der Waals surface area contributed by atoms with Gasteiger partial charge in [-0.2, -0.15) is 13.2 Å². The third-order valence-corrected chi connectivity index (χ3v) is 4.83. The Labute approximate surface area is 130 Å². The van der Waals surface area contributed by atoms with Crippen LogP contribution in [0.25, 0.3) is 0 Å². The highest BCUT2D eigenvalue weighted by molar-refractivity contribution is 5.94. The van der Waals surface area contributed by atoms with Crippen LogP contribution in [0.15, 0.2) is 0 Å². The Bertz CT molecular complexity index is 549. The van der Waals surface area contributed by atoms with E-state index in [2.05, 4.69) is 0 Å². The van der Waals surface area contributed by atoms with E-state index in [-0.39, 0.29) is 23.8 Å². The molecule has 130 valence electrons. The first-order valence-corrected chi connectivity index (χ1v) is 7.01. The average molecular weight is 337 g/mol. The van der Waals surface area contributed by atoms with Crippen LogP contribution in [-0.2, 0) is 14.4 Å². The van der Waals surface area contributed by atoms with E-state index in [1.807, 2.05) is 13.8 Å². The summed E-state index contributed by atoms with van der Waals surface area (Å²) in [5, 5.41) is 10.6. The van der Waals surface area contributed by atoms with E-state index < -0.39 is 42.6 Å². The normalized spacial score (nSPS) is 29.7. The second-order valence-electron chi connectivity index (χ2n) is 6.50. The van der Waals surface area contributed by atoms with Crippen LogP contribution in [0.3, 0.4) is 0 Å². The Kier molecular flexibility index (Phi) is 4.08. The van der Waals surface area contributed by atoms with Crippen molar-refractivity contribution < 1.29 is 32.7 Å². The molecule has 1 saturated carbocycles. The number of carbonyl (C=O) groups excluding carboxylic acids is 3. The Balaban J connectivity index is 2.13. The molecule has 2 rings (SSSR count). The third-order valence-electron chi connectivity index (χ3n) is 4.83. The van der Waals surface area contributed by atoms with Crippen LogP contribution < -0.4 is 11.1 Å². The standard InChI is InChI=1S/C13H18F3N3O4/c1-12(2)5-3-19(8(7(5)12)9(17)21)10(22)6(4-20)18-11(23)13(14,15)16/h5-8,20H,3-4H2,1-2H3,(H2,17,21)(H,18,23)/t5?,6-,7?,8?/m0/s1. The van der Waals surface area contributed by atoms with Gasteiger partial charge in [0.05, 0.1) is 6.61 Å². The molecule has 0 aromatic carbocycles. The molecule has 4 N–H and O–H groups in total. The molecular weight excluding hydrogens is 319 g/mol. The molecule has 0 bridgehead atoms. The first-order chi connectivity index (χ1) is 10.4. The molecule has 0 aromatic heterocycles. The van der Waals surface area contributed by atoms with Gasteiger partial charge >= 0.3 is 12.1 Å². The van der Waals surface area contributed by atoms with Crippen LogP contribution >= 0.6 is 0 Å². The maximum Gasteiger partial charge on any atom is 0.471 e. The monoisotopic (exact) mass is 337 g/mol. The lowest BCUT2D eigenvalue weighted by atomic mass is 10.00. The number of aliphatic hydroxyl groups is 1. The number of halogens is 3. The van der Waals surface area contributed by atoms with Crippen molar-refractivity contribution in [3.8, 4) is 0 Å². The number of alkyl halides is 3. The number of rotatable bonds is 4. The molecule has 2 aliphatic rings. The van der Waals surface area contributed by atoms with Gasteiger partial charge in [-0.3, -0.25) is 14.4 Å². The van der Waals surface area contributed by atoms with Gasteiger partial charge in [0.25, 0.3) is 0 Å². The van der Waals surface area contributed by atoms with Crippen LogP contribution in [0, 0.1) is 17.3 Å². The molecule has 0 aromatic rings. The van der Waals surface area contributed by atoms with Crippen LogP contribution in [0.1, 0.15) is 13.8 Å². The summed E-state index contributed by atoms with van der Waals surface area (Å²) < 4.78 is 36.8. The van der Waals surface area contributed by atoms with E-state index >= 15 is 0 Å². The minimum atomic E-state index is -5.17. The minimum absolute atomic E-state index is 0.0154. The molecule has 0 radical (unpaired) electrons. The molecular formula is C13H18F3N3O4. The number of hydrogen-bond donors (Lipinski definition) is 3. The minimum Gasteiger partial charge on any atom is -0.394 e. The fourth-order valence-corrected chi connectivity index (χ4v) is 3.46. The maximum absolute atomic E-state index is 12.3. The average Bonchev–Trinajstić information content (AvgIpc) is 2.81. The summed E-state index contributed by atoms with van der Waals surface area (Å²) in [5.41, 5.74) is 5.13. The zero-order valence-electron chi connectivity index (χ0n) is 12.6. The number of hydrogen-bond acceptors (Lipinski definition) is 4. The highest BCUT2D eigenvalue weighted by Gasteiger charge is 2.69. The number of fused-ring (bicyclic) bond motifs is 1. The summed E-state index contributed by atoms with van der Waals surface area (Å²) in [7, 11) is 0. The van der Waals surface area contributed by atoms with Crippen LogP contribution in [0.5, 0.6) is 0 Å². The summed E-state index contributed by atoms with van der Waals surface area (Å²) in [5.74, 6) is -4.18. The highest BCUT2D eigenvalue weighted by Crippen LogP contribution is 2.64. The Morgan fingerprint density at radius 1 is 1.39 bits per heavy atom. The zero-order valence-corrected chi connectivity index (χ0v) is 12.6. The second kappa shape index (κ2) is 5.36. The predicted octanol–water partition coefficient (Wildman–Crippen LogP) is -1.01. The van der Waals surface area contributed by atoms with Gasteiger partial charge in [0.1, 0.15) is 12.1 Å². The van der Waals surface area contributed by atoms with Crippen LogP contribution in [0.4, 0.5) is 13.2 Å². The molecule has 23 heavy (non-hydrogen) atoms. The van der Waals surface area contributed by atoms with Gasteiger partial charge in [-0.1, -0.05) is 13.8 Å². The molecule has 1 aliphatic heterocycles. The molecule has 1 heterocycles. The van der Waals surface area contributed by atoms with E-state index in [1.165, 1.54) is 5.32 Å². The summed E-state index contributed by atoms with van der Waals surface area (Å²) in [6.45, 7) is 2.97. The van der Waals surface area contributed by atoms with E-state index in [4.69, 9.17) is 10.8 Å². The number of likely N-dealkylation sites (tertiary alicyclic amines) is 1. The lowest BCUT2D eigenvalue weighted by Crippen LogP contribution is -2.57. The Hall–Kier alpha value is -1.84. The SMILES string of the molecule is CC1(C)C2CN(C(=O)[C@H](CO)NC(=O)C(F)(F)F)C(C(N)=O)C21. The number of aliphatic hydroxyl groups excluding tert-OH is 1. The number of piperidine rings is 1. The number of nitrogens with one attached hydrogen (secondary N) is 1. The highest BCUT2D eigenvalue weighted by atomic mass is 19.4. The lowest BCUT2D eigenvalue weighted by Gasteiger charge is -2.31. The van der Waals surface area contributed by atoms with Crippen molar-refractivity contribution in [2.24, 2.45) is 23.0 Å². The van der Waals surface area contributed by atoms with Gasteiger partial charge in [0.2, 0.25) is 11.8 Å². The number of carbonyl (C=O) groups is 3. The van der Waals surface area contributed by atoms with Crippen molar-refractivity contribution in [2.75, 3.05) is 13.2 Å². The molecule has 10 heteroatoms. The van der Waals surface area contributed by atoms with Crippen molar-refractivity contribution in [1.29, 1.82) is 0 Å². The Morgan fingerprint density at radius 3 is 2.39 bits per heavy atom.